The fourth-order valence-corrected chi connectivity index (χ4v) is 12.1. The number of hydrogen-bond donors (Lipinski definition) is 1. The number of hydrogen-bond acceptors (Lipinski definition) is 10. The number of nitrogens with one attached hydrogen (secondary N) is 1. The minimum Gasteiger partial charge on any atom is -0.346 e. The molecule has 2 aliphatic carbocycles. The van der Waals surface area contributed by atoms with Crippen LogP contribution in [0.15, 0.2) is 18.5 Å². The highest BCUT2D eigenvalue weighted by Gasteiger charge is 2.71. The van der Waals surface area contributed by atoms with Gasteiger partial charge in [0.2, 0.25) is 17.5 Å². The van der Waals surface area contributed by atoms with Gasteiger partial charge in [-0.05, 0) is 107 Å². The molecule has 11 nitrogen and oxygen atoms in total. The van der Waals surface area contributed by atoms with Crippen LogP contribution in [0.3, 0.4) is 0 Å². The van der Waals surface area contributed by atoms with E-state index in [0.29, 0.717) is 24.7 Å². The molecule has 2 saturated carbocycles. The van der Waals surface area contributed by atoms with Crippen molar-refractivity contribution in [3.63, 3.8) is 0 Å². The molecule has 1 amide bonds. The Bertz CT molecular complexity index is 1440. The summed E-state index contributed by atoms with van der Waals surface area (Å²) in [7, 11) is 0. The second kappa shape index (κ2) is 12.4. The second-order valence-electron chi connectivity index (χ2n) is 17.9. The van der Waals surface area contributed by atoms with Gasteiger partial charge in [0.25, 0.3) is 0 Å². The van der Waals surface area contributed by atoms with Gasteiger partial charge >= 0.3 is 0 Å². The first kappa shape index (κ1) is 35.0. The Hall–Kier alpha value is -1.77. The highest BCUT2D eigenvalue weighted by atomic mass is 19.1. The third-order valence-electron chi connectivity index (χ3n) is 15.0. The standard InChI is InChI=1S/C39H55FN2O9/c1-20-7-9-27-22(3)31(44-34-38(27)25(20)11-14-36(5,46-34)48-50-38)17-24(33(43)42-30-13-16-41-19-29(30)40)18-32-23(4)28-10-8-21(2)26-12-15-37(6)47-35(45-32)39(26,28)51-49-37/h13,16,19-28,31-32,34-35H,7-12,14-15,17-18H2,1-6H3,(H,41,42,43)/t20-,21-,22-,23-,25+,26+,27+,28+,31-,32-,34-,35-,36+,37+,38-,39-/m1/s1. The summed E-state index contributed by atoms with van der Waals surface area (Å²) < 4.78 is 42.1. The number of carbonyl (C=O) groups is 1. The summed E-state index contributed by atoms with van der Waals surface area (Å²) in [5.74, 6) is -1.45. The van der Waals surface area contributed by atoms with Gasteiger partial charge in [0, 0.05) is 36.8 Å². The molecule has 1 N–H and O–H groups in total. The van der Waals surface area contributed by atoms with E-state index in [0.717, 1.165) is 57.6 Å². The normalized spacial score (nSPS) is 51.8. The SMILES string of the molecule is C[C@H]1[C@@H](CC(C[C@H]2O[C@@H]3O[C@]4(C)CC[C@H]5[C@H](C)CC[C@@H]([C@H]2C)[C@@]35OO4)C(=O)Nc2ccncc2F)O[C@@H]2O[C@]3(C)CC[C@H]4[C@H](C)CC[C@@H]1[C@@]24OO3. The van der Waals surface area contributed by atoms with Crippen LogP contribution in [0.2, 0.25) is 0 Å². The van der Waals surface area contributed by atoms with Crippen molar-refractivity contribution in [3.05, 3.63) is 24.3 Å². The average molecular weight is 715 g/mol. The van der Waals surface area contributed by atoms with Crippen molar-refractivity contribution in [2.75, 3.05) is 5.32 Å². The summed E-state index contributed by atoms with van der Waals surface area (Å²) in [5, 5.41) is 2.90. The van der Waals surface area contributed by atoms with E-state index in [-0.39, 0.29) is 59.3 Å². The Kier molecular flexibility index (Phi) is 8.49. The lowest BCUT2D eigenvalue weighted by Crippen LogP contribution is -2.70. The van der Waals surface area contributed by atoms with Gasteiger partial charge in [-0.25, -0.2) is 23.9 Å². The maximum atomic E-state index is 14.9. The summed E-state index contributed by atoms with van der Waals surface area (Å²) in [6, 6.07) is 1.49. The molecule has 1 aromatic rings. The van der Waals surface area contributed by atoms with Crippen molar-refractivity contribution in [1.82, 2.24) is 4.98 Å². The Morgan fingerprint density at radius 2 is 1.29 bits per heavy atom. The highest BCUT2D eigenvalue weighted by molar-refractivity contribution is 5.92. The summed E-state index contributed by atoms with van der Waals surface area (Å²) in [5.41, 5.74) is -1.29. The van der Waals surface area contributed by atoms with Crippen molar-refractivity contribution in [3.8, 4) is 0 Å². The number of anilines is 1. The number of halogens is 1. The summed E-state index contributed by atoms with van der Waals surface area (Å²) in [6.07, 6.45) is 9.04. The second-order valence-corrected chi connectivity index (χ2v) is 17.9. The van der Waals surface area contributed by atoms with Crippen molar-refractivity contribution < 1.29 is 47.7 Å². The van der Waals surface area contributed by atoms with Crippen LogP contribution in [0.5, 0.6) is 0 Å². The minimum atomic E-state index is -0.893. The van der Waals surface area contributed by atoms with Gasteiger partial charge in [-0.2, -0.15) is 0 Å². The average Bonchev–Trinajstić information content (AvgIpc) is 3.47. The van der Waals surface area contributed by atoms with E-state index in [9.17, 15) is 9.18 Å². The molecule has 8 saturated heterocycles. The van der Waals surface area contributed by atoms with E-state index < -0.39 is 47.1 Å². The van der Waals surface area contributed by atoms with Crippen LogP contribution in [-0.2, 0) is 43.3 Å². The maximum Gasteiger partial charge on any atom is 0.227 e. The van der Waals surface area contributed by atoms with E-state index in [2.05, 4.69) is 38.0 Å². The molecular weight excluding hydrogens is 659 g/mol. The minimum absolute atomic E-state index is 0.0545. The first-order chi connectivity index (χ1) is 24.4. The number of aromatic nitrogens is 1. The van der Waals surface area contributed by atoms with E-state index in [1.807, 2.05) is 13.8 Å². The van der Waals surface area contributed by atoms with Gasteiger partial charge in [0.1, 0.15) is 0 Å². The van der Waals surface area contributed by atoms with E-state index in [4.69, 9.17) is 38.5 Å². The van der Waals surface area contributed by atoms with Gasteiger partial charge in [-0.3, -0.25) is 9.78 Å². The smallest absolute Gasteiger partial charge is 0.227 e. The van der Waals surface area contributed by atoms with Crippen LogP contribution in [0.4, 0.5) is 10.1 Å². The third kappa shape index (κ3) is 5.32. The topological polar surface area (TPSA) is 116 Å². The molecule has 10 aliphatic rings. The van der Waals surface area contributed by atoms with E-state index >= 15 is 0 Å². The molecule has 11 rings (SSSR count). The molecule has 9 heterocycles. The molecule has 10 fully saturated rings. The lowest BCUT2D eigenvalue weighted by Gasteiger charge is -2.61. The van der Waals surface area contributed by atoms with Gasteiger partial charge < -0.3 is 24.3 Å². The Morgan fingerprint density at radius 3 is 1.78 bits per heavy atom. The van der Waals surface area contributed by atoms with E-state index in [1.165, 1.54) is 12.3 Å². The van der Waals surface area contributed by atoms with Crippen molar-refractivity contribution in [2.24, 2.45) is 53.3 Å². The Balaban J connectivity index is 1.02. The lowest BCUT2D eigenvalue weighted by molar-refractivity contribution is -0.571. The Labute approximate surface area is 300 Å². The predicted octanol–water partition coefficient (Wildman–Crippen LogP) is 7.06. The summed E-state index contributed by atoms with van der Waals surface area (Å²) in [4.78, 5) is 43.1. The highest BCUT2D eigenvalue weighted by Crippen LogP contribution is 2.63. The number of nitrogens with zero attached hydrogens (tertiary/aromatic N) is 1. The molecule has 16 atom stereocenters. The number of ether oxygens (including phenoxy) is 4. The third-order valence-corrected chi connectivity index (χ3v) is 15.0. The van der Waals surface area contributed by atoms with Crippen LogP contribution in [0, 0.1) is 59.1 Å². The quantitative estimate of drug-likeness (QED) is 0.307. The predicted molar refractivity (Wildman–Crippen MR) is 179 cm³/mol. The first-order valence-corrected chi connectivity index (χ1v) is 19.7. The summed E-state index contributed by atoms with van der Waals surface area (Å²) in [6.45, 7) is 12.9. The number of rotatable bonds is 6. The number of carbonyl (C=O) groups excluding carboxylic acids is 1. The fraction of sp³-hybridized carbons (Fsp3) is 0.846. The zero-order valence-corrected chi connectivity index (χ0v) is 30.8. The number of fused-ring (bicyclic) bond motifs is 4. The van der Waals surface area contributed by atoms with Crippen LogP contribution >= 0.6 is 0 Å². The monoisotopic (exact) mass is 714 g/mol. The molecule has 12 heteroatoms. The molecule has 0 radical (unpaired) electrons. The first-order valence-electron chi connectivity index (χ1n) is 19.7. The van der Waals surface area contributed by atoms with Crippen LogP contribution < -0.4 is 5.32 Å². The van der Waals surface area contributed by atoms with Gasteiger partial charge in [-0.1, -0.05) is 27.7 Å². The van der Waals surface area contributed by atoms with E-state index in [1.54, 1.807) is 0 Å². The number of amides is 1. The molecule has 282 valence electrons. The lowest BCUT2D eigenvalue weighted by atomic mass is 9.56. The van der Waals surface area contributed by atoms with Gasteiger partial charge in [0.05, 0.1) is 24.1 Å². The maximum absolute atomic E-state index is 14.9. The van der Waals surface area contributed by atoms with Crippen LogP contribution in [-0.4, -0.2) is 58.5 Å². The van der Waals surface area contributed by atoms with Crippen molar-refractivity contribution in [1.29, 1.82) is 0 Å². The zero-order chi connectivity index (χ0) is 35.5. The van der Waals surface area contributed by atoms with Crippen molar-refractivity contribution in [2.45, 2.75) is 153 Å². The molecule has 51 heavy (non-hydrogen) atoms. The number of pyridine rings is 1. The zero-order valence-electron chi connectivity index (χ0n) is 30.8. The molecule has 0 aromatic carbocycles. The molecule has 2 spiro atoms. The van der Waals surface area contributed by atoms with Gasteiger partial charge in [0.15, 0.2) is 29.6 Å². The van der Waals surface area contributed by atoms with Crippen LogP contribution in [0.1, 0.15) is 106 Å². The van der Waals surface area contributed by atoms with Gasteiger partial charge in [-0.15, -0.1) is 0 Å². The molecular formula is C39H55FN2O9. The largest absolute Gasteiger partial charge is 0.346 e. The molecule has 8 aliphatic heterocycles. The van der Waals surface area contributed by atoms with Crippen LogP contribution in [0.25, 0.3) is 0 Å². The molecule has 4 bridgehead atoms. The molecule has 1 aromatic heterocycles. The molecule has 0 unspecified atom stereocenters. The summed E-state index contributed by atoms with van der Waals surface area (Å²) >= 11 is 0. The fourth-order valence-electron chi connectivity index (χ4n) is 12.1. The Morgan fingerprint density at radius 1 is 0.784 bits per heavy atom. The van der Waals surface area contributed by atoms with Crippen molar-refractivity contribution >= 4 is 11.6 Å².